The minimum absolute atomic E-state index is 0.0860. The van der Waals surface area contributed by atoms with Gasteiger partial charge in [-0.2, -0.15) is 0 Å². The van der Waals surface area contributed by atoms with E-state index in [9.17, 15) is 0 Å². The molecule has 2 N–H and O–H groups in total. The van der Waals surface area contributed by atoms with E-state index < -0.39 is 0 Å². The van der Waals surface area contributed by atoms with Gasteiger partial charge in [-0.1, -0.05) is 12.1 Å². The highest BCUT2D eigenvalue weighted by Crippen LogP contribution is 2.39. The highest BCUT2D eigenvalue weighted by molar-refractivity contribution is 5.28. The van der Waals surface area contributed by atoms with Crippen LogP contribution in [0.5, 0.6) is 5.75 Å². The smallest absolute Gasteiger partial charge is 0.130 e. The Morgan fingerprint density at radius 1 is 1.21 bits per heavy atom. The quantitative estimate of drug-likeness (QED) is 0.908. The van der Waals surface area contributed by atoms with E-state index in [-0.39, 0.29) is 17.3 Å². The van der Waals surface area contributed by atoms with Crippen molar-refractivity contribution >= 4 is 0 Å². The summed E-state index contributed by atoms with van der Waals surface area (Å²) in [6, 6.07) is 8.20. The van der Waals surface area contributed by atoms with Crippen LogP contribution in [-0.4, -0.2) is 23.9 Å². The van der Waals surface area contributed by atoms with Gasteiger partial charge in [-0.15, -0.1) is 0 Å². The van der Waals surface area contributed by atoms with E-state index in [1.807, 2.05) is 12.1 Å². The van der Waals surface area contributed by atoms with Crippen LogP contribution in [0.1, 0.15) is 39.7 Å². The summed E-state index contributed by atoms with van der Waals surface area (Å²) < 4.78 is 12.1. The highest BCUT2D eigenvalue weighted by Gasteiger charge is 2.47. The Morgan fingerprint density at radius 2 is 1.84 bits per heavy atom. The van der Waals surface area contributed by atoms with Crippen LogP contribution in [0, 0.1) is 0 Å². The lowest BCUT2D eigenvalue weighted by molar-refractivity contribution is -0.0846. The second-order valence-corrected chi connectivity index (χ2v) is 6.46. The molecule has 1 fully saturated rings. The van der Waals surface area contributed by atoms with Crippen molar-refractivity contribution in [3.8, 4) is 5.75 Å². The van der Waals surface area contributed by atoms with Gasteiger partial charge >= 0.3 is 0 Å². The number of hydrogen-bond acceptors (Lipinski definition) is 3. The third-order valence-electron chi connectivity index (χ3n) is 3.63. The largest absolute Gasteiger partial charge is 0.487 e. The third kappa shape index (κ3) is 3.48. The average Bonchev–Trinajstić information content (AvgIpc) is 2.50. The van der Waals surface area contributed by atoms with Crippen molar-refractivity contribution in [1.82, 2.24) is 0 Å². The maximum absolute atomic E-state index is 6.10. The normalized spacial score (nSPS) is 24.4. The summed E-state index contributed by atoms with van der Waals surface area (Å²) in [7, 11) is 0. The summed E-state index contributed by atoms with van der Waals surface area (Å²) in [6.07, 6.45) is 1.90. The molecule has 0 spiro atoms. The molecule has 1 aliphatic heterocycles. The fourth-order valence-electron chi connectivity index (χ4n) is 2.76. The van der Waals surface area contributed by atoms with Gasteiger partial charge in [0.1, 0.15) is 17.5 Å². The van der Waals surface area contributed by atoms with Crippen LogP contribution in [0.3, 0.4) is 0 Å². The Labute approximate surface area is 116 Å². The Hall–Kier alpha value is -1.06. The molecule has 1 aromatic rings. The average molecular weight is 263 g/mol. The van der Waals surface area contributed by atoms with Crippen molar-refractivity contribution in [2.75, 3.05) is 6.54 Å². The fraction of sp³-hybridized carbons (Fsp3) is 0.625. The Kier molecular flexibility index (Phi) is 3.88. The van der Waals surface area contributed by atoms with Crippen LogP contribution in [0.2, 0.25) is 0 Å². The summed E-state index contributed by atoms with van der Waals surface area (Å²) in [6.45, 7) is 9.09. The van der Waals surface area contributed by atoms with E-state index in [4.69, 9.17) is 15.2 Å². The fourth-order valence-corrected chi connectivity index (χ4v) is 2.76. The maximum atomic E-state index is 6.10. The Bertz CT molecular complexity index is 423. The lowest BCUT2D eigenvalue weighted by atomic mass is 9.97. The van der Waals surface area contributed by atoms with Crippen molar-refractivity contribution < 1.29 is 9.47 Å². The Morgan fingerprint density at radius 3 is 2.32 bits per heavy atom. The maximum Gasteiger partial charge on any atom is 0.130 e. The molecule has 3 nitrogen and oxygen atoms in total. The van der Waals surface area contributed by atoms with Crippen LogP contribution in [0.4, 0.5) is 0 Å². The van der Waals surface area contributed by atoms with Crippen molar-refractivity contribution in [2.24, 2.45) is 5.73 Å². The minimum atomic E-state index is -0.251. The SMILES string of the molecule is CC1(C)CC(Oc2ccc(CCN)cc2)C(C)(C)O1. The van der Waals surface area contributed by atoms with Gasteiger partial charge in [-0.3, -0.25) is 0 Å². The van der Waals surface area contributed by atoms with Crippen LogP contribution in [0.25, 0.3) is 0 Å². The highest BCUT2D eigenvalue weighted by atomic mass is 16.6. The van der Waals surface area contributed by atoms with Gasteiger partial charge in [-0.05, 0) is 58.4 Å². The summed E-state index contributed by atoms with van der Waals surface area (Å²) in [4.78, 5) is 0. The monoisotopic (exact) mass is 263 g/mol. The summed E-state index contributed by atoms with van der Waals surface area (Å²) in [5.74, 6) is 0.903. The first-order valence-electron chi connectivity index (χ1n) is 6.98. The number of ether oxygens (including phenoxy) is 2. The molecule has 1 atom stereocenters. The molecule has 0 aromatic heterocycles. The first-order valence-corrected chi connectivity index (χ1v) is 6.98. The van der Waals surface area contributed by atoms with Crippen molar-refractivity contribution in [3.63, 3.8) is 0 Å². The van der Waals surface area contributed by atoms with E-state index in [2.05, 4.69) is 39.8 Å². The number of rotatable bonds is 4. The summed E-state index contributed by atoms with van der Waals surface area (Å²) in [5.41, 5.74) is 6.43. The summed E-state index contributed by atoms with van der Waals surface area (Å²) in [5, 5.41) is 0. The van der Waals surface area contributed by atoms with E-state index in [0.717, 1.165) is 18.6 Å². The molecule has 2 rings (SSSR count). The van der Waals surface area contributed by atoms with Gasteiger partial charge in [-0.25, -0.2) is 0 Å². The zero-order chi connectivity index (χ0) is 14.1. The molecule has 1 aliphatic rings. The molecule has 0 amide bonds. The first-order chi connectivity index (χ1) is 8.82. The van der Waals surface area contributed by atoms with Crippen molar-refractivity contribution in [2.45, 2.75) is 57.8 Å². The molecule has 1 saturated heterocycles. The predicted octanol–water partition coefficient (Wildman–Crippen LogP) is 2.91. The van der Waals surface area contributed by atoms with Crippen LogP contribution < -0.4 is 10.5 Å². The molecule has 1 heterocycles. The molecule has 19 heavy (non-hydrogen) atoms. The standard InChI is InChI=1S/C16H25NO2/c1-15(2)11-14(16(3,4)19-15)18-13-7-5-12(6-8-13)9-10-17/h5-8,14H,9-11,17H2,1-4H3. The van der Waals surface area contributed by atoms with E-state index in [1.165, 1.54) is 5.56 Å². The number of benzene rings is 1. The number of hydrogen-bond donors (Lipinski definition) is 1. The van der Waals surface area contributed by atoms with Crippen molar-refractivity contribution in [1.29, 1.82) is 0 Å². The molecule has 106 valence electrons. The summed E-state index contributed by atoms with van der Waals surface area (Å²) >= 11 is 0. The van der Waals surface area contributed by atoms with Crippen molar-refractivity contribution in [3.05, 3.63) is 29.8 Å². The molecular weight excluding hydrogens is 238 g/mol. The molecule has 0 saturated carbocycles. The van der Waals surface area contributed by atoms with Crippen LogP contribution in [-0.2, 0) is 11.2 Å². The predicted molar refractivity (Wildman–Crippen MR) is 77.5 cm³/mol. The first kappa shape index (κ1) is 14.4. The molecule has 3 heteroatoms. The third-order valence-corrected chi connectivity index (χ3v) is 3.63. The molecule has 1 aromatic carbocycles. The Balaban J connectivity index is 2.05. The zero-order valence-electron chi connectivity index (χ0n) is 12.4. The van der Waals surface area contributed by atoms with Gasteiger partial charge < -0.3 is 15.2 Å². The van der Waals surface area contributed by atoms with E-state index in [0.29, 0.717) is 6.54 Å². The molecule has 0 radical (unpaired) electrons. The van der Waals surface area contributed by atoms with E-state index in [1.54, 1.807) is 0 Å². The second kappa shape index (κ2) is 5.14. The zero-order valence-corrected chi connectivity index (χ0v) is 12.4. The van der Waals surface area contributed by atoms with Gasteiger partial charge in [0.15, 0.2) is 0 Å². The van der Waals surface area contributed by atoms with Crippen LogP contribution in [0.15, 0.2) is 24.3 Å². The van der Waals surface area contributed by atoms with Gasteiger partial charge in [0.25, 0.3) is 0 Å². The molecule has 0 aliphatic carbocycles. The van der Waals surface area contributed by atoms with Gasteiger partial charge in [0.2, 0.25) is 0 Å². The van der Waals surface area contributed by atoms with Gasteiger partial charge in [0.05, 0.1) is 5.60 Å². The molecule has 1 unspecified atom stereocenters. The minimum Gasteiger partial charge on any atom is -0.487 e. The molecular formula is C16H25NO2. The van der Waals surface area contributed by atoms with E-state index >= 15 is 0 Å². The second-order valence-electron chi connectivity index (χ2n) is 6.46. The lowest BCUT2D eigenvalue weighted by Crippen LogP contribution is -2.36. The lowest BCUT2D eigenvalue weighted by Gasteiger charge is -2.27. The topological polar surface area (TPSA) is 44.5 Å². The molecule has 0 bridgehead atoms. The number of nitrogens with two attached hydrogens (primary N) is 1. The van der Waals surface area contributed by atoms with Gasteiger partial charge in [0, 0.05) is 6.42 Å². The van der Waals surface area contributed by atoms with Crippen LogP contribution >= 0.6 is 0 Å².